The Bertz CT molecular complexity index is 613. The molecule has 3 heteroatoms. The average Bonchev–Trinajstić information content (AvgIpc) is 2.59. The van der Waals surface area contributed by atoms with E-state index >= 15 is 0 Å². The maximum absolute atomic E-state index is 9.57. The molecule has 1 heterocycles. The minimum Gasteiger partial charge on any atom is -0.299 e. The molecule has 2 aromatic rings. The van der Waals surface area contributed by atoms with Gasteiger partial charge in [-0.25, -0.2) is 0 Å². The molecule has 1 atom stereocenters. The highest BCUT2D eigenvalue weighted by Crippen LogP contribution is 2.32. The maximum atomic E-state index is 9.57. The first-order valence-corrected chi connectivity index (χ1v) is 8.07. The van der Waals surface area contributed by atoms with Crippen molar-refractivity contribution in [3.63, 3.8) is 0 Å². The fourth-order valence-electron chi connectivity index (χ4n) is 3.40. The van der Waals surface area contributed by atoms with Crippen LogP contribution in [0.15, 0.2) is 60.7 Å². The topological polar surface area (TPSA) is 27.0 Å². The first-order valence-electron chi connectivity index (χ1n) is 8.07. The molecule has 0 saturated carbocycles. The van der Waals surface area contributed by atoms with Gasteiger partial charge in [0.1, 0.15) is 0 Å². The van der Waals surface area contributed by atoms with Gasteiger partial charge in [-0.2, -0.15) is 5.26 Å². The maximum Gasteiger partial charge on any atom is 0.0741 e. The average molecular weight is 327 g/mol. The van der Waals surface area contributed by atoms with Gasteiger partial charge in [0, 0.05) is 6.54 Å². The molecule has 1 aliphatic heterocycles. The number of benzene rings is 2. The molecule has 2 aromatic carbocycles. The Morgan fingerprint density at radius 1 is 0.957 bits per heavy atom. The number of nitrogens with zero attached hydrogens (tertiary/aromatic N) is 2. The molecule has 0 bridgehead atoms. The summed E-state index contributed by atoms with van der Waals surface area (Å²) in [7, 11) is 0. The molecule has 1 saturated heterocycles. The van der Waals surface area contributed by atoms with Gasteiger partial charge in [0.15, 0.2) is 0 Å². The van der Waals surface area contributed by atoms with Gasteiger partial charge in [-0.3, -0.25) is 4.90 Å². The van der Waals surface area contributed by atoms with Crippen molar-refractivity contribution in [3.05, 3.63) is 71.8 Å². The van der Waals surface area contributed by atoms with Crippen LogP contribution in [-0.4, -0.2) is 18.0 Å². The van der Waals surface area contributed by atoms with Crippen molar-refractivity contribution in [2.75, 3.05) is 13.1 Å². The van der Waals surface area contributed by atoms with E-state index in [0.29, 0.717) is 5.92 Å². The molecule has 3 rings (SSSR count). The van der Waals surface area contributed by atoms with Crippen LogP contribution in [0.25, 0.3) is 0 Å². The van der Waals surface area contributed by atoms with Crippen molar-refractivity contribution in [1.82, 2.24) is 4.90 Å². The van der Waals surface area contributed by atoms with Gasteiger partial charge in [0.2, 0.25) is 0 Å². The van der Waals surface area contributed by atoms with Gasteiger partial charge in [-0.05, 0) is 43.0 Å². The molecule has 1 aliphatic rings. The Morgan fingerprint density at radius 3 is 2.09 bits per heavy atom. The van der Waals surface area contributed by atoms with Crippen molar-refractivity contribution < 1.29 is 0 Å². The summed E-state index contributed by atoms with van der Waals surface area (Å²) in [4.78, 5) is 2.51. The van der Waals surface area contributed by atoms with Gasteiger partial charge in [-0.1, -0.05) is 60.7 Å². The molecule has 2 nitrogen and oxygen atoms in total. The van der Waals surface area contributed by atoms with Crippen LogP contribution in [0.2, 0.25) is 0 Å². The lowest BCUT2D eigenvalue weighted by Gasteiger charge is -2.34. The van der Waals surface area contributed by atoms with Crippen LogP contribution in [0.5, 0.6) is 0 Å². The highest BCUT2D eigenvalue weighted by Gasteiger charge is 2.27. The van der Waals surface area contributed by atoms with Gasteiger partial charge >= 0.3 is 0 Å². The van der Waals surface area contributed by atoms with Crippen LogP contribution in [-0.2, 0) is 6.54 Å². The Morgan fingerprint density at radius 2 is 1.52 bits per heavy atom. The molecule has 0 aromatic heterocycles. The highest BCUT2D eigenvalue weighted by atomic mass is 35.5. The molecule has 0 spiro atoms. The molecule has 0 aliphatic carbocycles. The van der Waals surface area contributed by atoms with E-state index in [9.17, 15) is 5.26 Å². The lowest BCUT2D eigenvalue weighted by atomic mass is 9.81. The van der Waals surface area contributed by atoms with Crippen LogP contribution in [0.4, 0.5) is 0 Å². The predicted molar refractivity (Wildman–Crippen MR) is 96.5 cm³/mol. The Kier molecular flexibility index (Phi) is 6.65. The van der Waals surface area contributed by atoms with Crippen LogP contribution in [0, 0.1) is 17.2 Å². The number of nitriles is 1. The van der Waals surface area contributed by atoms with Crippen LogP contribution >= 0.6 is 12.4 Å². The summed E-state index contributed by atoms with van der Waals surface area (Å²) in [5, 5.41) is 9.57. The Labute approximate surface area is 145 Å². The van der Waals surface area contributed by atoms with E-state index in [-0.39, 0.29) is 18.3 Å². The summed E-state index contributed by atoms with van der Waals surface area (Å²) in [6.45, 7) is 3.20. The van der Waals surface area contributed by atoms with E-state index < -0.39 is 0 Å². The van der Waals surface area contributed by atoms with Crippen molar-refractivity contribution in [2.45, 2.75) is 25.3 Å². The van der Waals surface area contributed by atoms with E-state index in [4.69, 9.17) is 0 Å². The van der Waals surface area contributed by atoms with E-state index in [2.05, 4.69) is 53.4 Å². The van der Waals surface area contributed by atoms with Gasteiger partial charge in [0.25, 0.3) is 0 Å². The standard InChI is InChI=1S/C20H22N2.ClH/c21-15-20(18-9-5-2-6-10-18)19-11-13-22(14-12-19)16-17-7-3-1-4-8-17;/h1-10,19-20H,11-14,16H2;1H. The molecule has 120 valence electrons. The number of hydrogen-bond acceptors (Lipinski definition) is 2. The number of rotatable bonds is 4. The van der Waals surface area contributed by atoms with Crippen LogP contribution in [0.1, 0.15) is 29.9 Å². The molecule has 0 radical (unpaired) electrons. The third-order valence-electron chi connectivity index (χ3n) is 4.65. The molecule has 0 amide bonds. The van der Waals surface area contributed by atoms with E-state index in [1.165, 1.54) is 11.1 Å². The quantitative estimate of drug-likeness (QED) is 0.819. The zero-order chi connectivity index (χ0) is 15.2. The number of hydrogen-bond donors (Lipinski definition) is 0. The highest BCUT2D eigenvalue weighted by molar-refractivity contribution is 5.85. The van der Waals surface area contributed by atoms with E-state index in [1.54, 1.807) is 0 Å². The van der Waals surface area contributed by atoms with Crippen molar-refractivity contribution in [2.24, 2.45) is 5.92 Å². The summed E-state index contributed by atoms with van der Waals surface area (Å²) >= 11 is 0. The third kappa shape index (κ3) is 4.58. The second-order valence-electron chi connectivity index (χ2n) is 6.12. The van der Waals surface area contributed by atoms with Crippen molar-refractivity contribution in [1.29, 1.82) is 5.26 Å². The Balaban J connectivity index is 0.00000192. The van der Waals surface area contributed by atoms with Gasteiger partial charge in [-0.15, -0.1) is 12.4 Å². The zero-order valence-corrected chi connectivity index (χ0v) is 14.1. The SMILES string of the molecule is Cl.N#CC(c1ccccc1)C1CCN(Cc2ccccc2)CC1. The second-order valence-corrected chi connectivity index (χ2v) is 6.12. The lowest BCUT2D eigenvalue weighted by Crippen LogP contribution is -2.35. The zero-order valence-electron chi connectivity index (χ0n) is 13.3. The fraction of sp³-hybridized carbons (Fsp3) is 0.350. The van der Waals surface area contributed by atoms with Crippen LogP contribution < -0.4 is 0 Å². The fourth-order valence-corrected chi connectivity index (χ4v) is 3.40. The van der Waals surface area contributed by atoms with Crippen molar-refractivity contribution >= 4 is 12.4 Å². The first kappa shape index (κ1) is 17.5. The largest absolute Gasteiger partial charge is 0.299 e. The second kappa shape index (κ2) is 8.72. The molecule has 1 fully saturated rings. The minimum atomic E-state index is 0. The predicted octanol–water partition coefficient (Wildman–Crippen LogP) is 4.63. The van der Waals surface area contributed by atoms with Crippen molar-refractivity contribution in [3.8, 4) is 6.07 Å². The number of likely N-dealkylation sites (tertiary alicyclic amines) is 1. The molecular formula is C20H23ClN2. The first-order chi connectivity index (χ1) is 10.9. The number of halogens is 1. The third-order valence-corrected chi connectivity index (χ3v) is 4.65. The normalized spacial score (nSPS) is 17.0. The van der Waals surface area contributed by atoms with E-state index in [1.807, 2.05) is 18.2 Å². The van der Waals surface area contributed by atoms with E-state index in [0.717, 1.165) is 32.5 Å². The van der Waals surface area contributed by atoms with Crippen LogP contribution in [0.3, 0.4) is 0 Å². The summed E-state index contributed by atoms with van der Waals surface area (Å²) in [5.74, 6) is 0.527. The summed E-state index contributed by atoms with van der Waals surface area (Å²) in [5.41, 5.74) is 2.55. The molecular weight excluding hydrogens is 304 g/mol. The number of piperidine rings is 1. The lowest BCUT2D eigenvalue weighted by molar-refractivity contribution is 0.171. The minimum absolute atomic E-state index is 0. The summed E-state index contributed by atoms with van der Waals surface area (Å²) in [6, 6.07) is 23.4. The van der Waals surface area contributed by atoms with Gasteiger partial charge in [0.05, 0.1) is 12.0 Å². The smallest absolute Gasteiger partial charge is 0.0741 e. The molecule has 1 unspecified atom stereocenters. The molecule has 23 heavy (non-hydrogen) atoms. The monoisotopic (exact) mass is 326 g/mol. The summed E-state index contributed by atoms with van der Waals surface area (Å²) in [6.07, 6.45) is 2.22. The Hall–Kier alpha value is -1.82. The van der Waals surface area contributed by atoms with Gasteiger partial charge < -0.3 is 0 Å². The molecule has 0 N–H and O–H groups in total. The summed E-state index contributed by atoms with van der Waals surface area (Å²) < 4.78 is 0.